The quantitative estimate of drug-likeness (QED) is 0.671. The summed E-state index contributed by atoms with van der Waals surface area (Å²) in [6, 6.07) is 5.15. The summed E-state index contributed by atoms with van der Waals surface area (Å²) in [6.45, 7) is 0. The fraction of sp³-hybridized carbons (Fsp3) is 0.200. The van der Waals surface area contributed by atoms with Crippen LogP contribution in [0.3, 0.4) is 0 Å². The highest BCUT2D eigenvalue weighted by Crippen LogP contribution is 2.24. The first kappa shape index (κ1) is 8.74. The van der Waals surface area contributed by atoms with Crippen molar-refractivity contribution in [2.45, 2.75) is 0 Å². The van der Waals surface area contributed by atoms with Crippen LogP contribution in [-0.4, -0.2) is 30.8 Å². The maximum absolute atomic E-state index is 11.6. The molecule has 1 aliphatic rings. The molecule has 0 saturated heterocycles. The molecule has 0 aromatic heterocycles. The van der Waals surface area contributed by atoms with Crippen LogP contribution in [0.1, 0.15) is 20.7 Å². The number of amides is 2. The van der Waals surface area contributed by atoms with E-state index in [0.717, 1.165) is 10.6 Å². The summed E-state index contributed by atoms with van der Waals surface area (Å²) in [5.41, 5.74) is 1.79. The first-order valence-electron chi connectivity index (χ1n) is 4.29. The van der Waals surface area contributed by atoms with Gasteiger partial charge in [0.15, 0.2) is 0 Å². The number of anilines is 1. The molecule has 14 heavy (non-hydrogen) atoms. The number of hydrogen-bond acceptors (Lipinski definition) is 3. The van der Waals surface area contributed by atoms with Crippen molar-refractivity contribution >= 4 is 17.5 Å². The van der Waals surface area contributed by atoms with E-state index in [2.05, 4.69) is 5.32 Å². The van der Waals surface area contributed by atoms with E-state index in [1.165, 1.54) is 7.05 Å². The Morgan fingerprint density at radius 2 is 1.79 bits per heavy atom. The maximum atomic E-state index is 11.6. The van der Waals surface area contributed by atoms with Crippen LogP contribution in [0.2, 0.25) is 0 Å². The molecule has 0 fully saturated rings. The first-order chi connectivity index (χ1) is 6.65. The average molecular weight is 190 g/mol. The molecule has 0 radical (unpaired) electrons. The molecule has 1 N–H and O–H groups in total. The Kier molecular flexibility index (Phi) is 1.77. The molecular formula is C10H10N2O2. The Morgan fingerprint density at radius 1 is 1.14 bits per heavy atom. The van der Waals surface area contributed by atoms with Crippen molar-refractivity contribution in [2.24, 2.45) is 0 Å². The number of rotatable bonds is 1. The lowest BCUT2D eigenvalue weighted by atomic mass is 10.1. The standard InChI is InChI=1S/C10H10N2O2/c1-11-6-3-4-7-8(5-6)10(14)12(2)9(7)13/h3-5,11H,1-2H3. The molecule has 0 saturated carbocycles. The molecule has 72 valence electrons. The lowest BCUT2D eigenvalue weighted by Gasteiger charge is -2.02. The van der Waals surface area contributed by atoms with Gasteiger partial charge in [-0.05, 0) is 18.2 Å². The van der Waals surface area contributed by atoms with Gasteiger partial charge in [-0.25, -0.2) is 0 Å². The van der Waals surface area contributed by atoms with E-state index in [1.807, 2.05) is 0 Å². The predicted octanol–water partition coefficient (Wildman–Crippen LogP) is 0.954. The van der Waals surface area contributed by atoms with Gasteiger partial charge in [0.25, 0.3) is 11.8 Å². The van der Waals surface area contributed by atoms with E-state index < -0.39 is 0 Å². The van der Waals surface area contributed by atoms with Gasteiger partial charge in [-0.3, -0.25) is 14.5 Å². The molecule has 1 aliphatic heterocycles. The normalized spacial score (nSPS) is 14.6. The third kappa shape index (κ3) is 1.00. The van der Waals surface area contributed by atoms with Crippen LogP contribution >= 0.6 is 0 Å². The largest absolute Gasteiger partial charge is 0.388 e. The zero-order chi connectivity index (χ0) is 10.3. The molecule has 1 heterocycles. The minimum atomic E-state index is -0.234. The zero-order valence-corrected chi connectivity index (χ0v) is 8.00. The van der Waals surface area contributed by atoms with E-state index in [4.69, 9.17) is 0 Å². The van der Waals surface area contributed by atoms with E-state index in [9.17, 15) is 9.59 Å². The van der Waals surface area contributed by atoms with Gasteiger partial charge in [-0.1, -0.05) is 0 Å². The van der Waals surface area contributed by atoms with Crippen molar-refractivity contribution in [2.75, 3.05) is 19.4 Å². The first-order valence-corrected chi connectivity index (χ1v) is 4.29. The molecule has 1 aromatic rings. The van der Waals surface area contributed by atoms with Crippen molar-refractivity contribution in [3.63, 3.8) is 0 Å². The smallest absolute Gasteiger partial charge is 0.261 e. The van der Waals surface area contributed by atoms with Crippen molar-refractivity contribution < 1.29 is 9.59 Å². The monoisotopic (exact) mass is 190 g/mol. The lowest BCUT2D eigenvalue weighted by Crippen LogP contribution is -2.24. The zero-order valence-electron chi connectivity index (χ0n) is 8.00. The molecule has 0 atom stereocenters. The van der Waals surface area contributed by atoms with E-state index in [1.54, 1.807) is 25.2 Å². The third-order valence-corrected chi connectivity index (χ3v) is 2.38. The van der Waals surface area contributed by atoms with Crippen molar-refractivity contribution in [3.05, 3.63) is 29.3 Å². The average Bonchev–Trinajstić information content (AvgIpc) is 2.44. The van der Waals surface area contributed by atoms with Crippen molar-refractivity contribution in [1.29, 1.82) is 0 Å². The Balaban J connectivity index is 2.59. The number of carbonyl (C=O) groups is 2. The molecule has 2 amide bonds. The SMILES string of the molecule is CNc1ccc2c(c1)C(=O)N(C)C2=O. The fourth-order valence-corrected chi connectivity index (χ4v) is 1.52. The number of nitrogens with one attached hydrogen (secondary N) is 1. The molecule has 4 nitrogen and oxygen atoms in total. The van der Waals surface area contributed by atoms with Crippen LogP contribution < -0.4 is 5.32 Å². The lowest BCUT2D eigenvalue weighted by molar-refractivity contribution is 0.0693. The number of nitrogens with zero attached hydrogens (tertiary/aromatic N) is 1. The minimum absolute atomic E-state index is 0.229. The molecule has 0 unspecified atom stereocenters. The molecule has 0 bridgehead atoms. The van der Waals surface area contributed by atoms with Crippen LogP contribution in [0.15, 0.2) is 18.2 Å². The second-order valence-electron chi connectivity index (χ2n) is 3.18. The number of carbonyl (C=O) groups excluding carboxylic acids is 2. The maximum Gasteiger partial charge on any atom is 0.261 e. The van der Waals surface area contributed by atoms with E-state index in [-0.39, 0.29) is 11.8 Å². The third-order valence-electron chi connectivity index (χ3n) is 2.38. The van der Waals surface area contributed by atoms with Gasteiger partial charge in [0.1, 0.15) is 0 Å². The number of hydrogen-bond donors (Lipinski definition) is 1. The van der Waals surface area contributed by atoms with Gasteiger partial charge in [0, 0.05) is 19.8 Å². The van der Waals surface area contributed by atoms with Gasteiger partial charge in [-0.15, -0.1) is 0 Å². The molecular weight excluding hydrogens is 180 g/mol. The fourth-order valence-electron chi connectivity index (χ4n) is 1.52. The Bertz CT molecular complexity index is 426. The minimum Gasteiger partial charge on any atom is -0.388 e. The summed E-state index contributed by atoms with van der Waals surface area (Å²) in [6.07, 6.45) is 0. The topological polar surface area (TPSA) is 49.4 Å². The Hall–Kier alpha value is -1.84. The summed E-state index contributed by atoms with van der Waals surface area (Å²) >= 11 is 0. The summed E-state index contributed by atoms with van der Waals surface area (Å²) < 4.78 is 0. The second-order valence-corrected chi connectivity index (χ2v) is 3.18. The van der Waals surface area contributed by atoms with Gasteiger partial charge >= 0.3 is 0 Å². The molecule has 2 rings (SSSR count). The summed E-state index contributed by atoms with van der Waals surface area (Å²) in [5.74, 6) is -0.463. The van der Waals surface area contributed by atoms with Gasteiger partial charge in [0.2, 0.25) is 0 Å². The summed E-state index contributed by atoms with van der Waals surface area (Å²) in [5, 5.41) is 2.92. The second kappa shape index (κ2) is 2.83. The van der Waals surface area contributed by atoms with E-state index >= 15 is 0 Å². The highest BCUT2D eigenvalue weighted by Gasteiger charge is 2.32. The van der Waals surface area contributed by atoms with Crippen molar-refractivity contribution in [3.8, 4) is 0 Å². The van der Waals surface area contributed by atoms with Crippen LogP contribution in [0.25, 0.3) is 0 Å². The van der Waals surface area contributed by atoms with Crippen molar-refractivity contribution in [1.82, 2.24) is 4.90 Å². The Morgan fingerprint density at radius 3 is 2.43 bits per heavy atom. The number of fused-ring (bicyclic) bond motifs is 1. The van der Waals surface area contributed by atoms with E-state index in [0.29, 0.717) is 11.1 Å². The van der Waals surface area contributed by atoms with Crippen LogP contribution in [0.5, 0.6) is 0 Å². The van der Waals surface area contributed by atoms with Crippen LogP contribution in [0.4, 0.5) is 5.69 Å². The predicted molar refractivity (Wildman–Crippen MR) is 52.4 cm³/mol. The molecule has 1 aromatic carbocycles. The number of benzene rings is 1. The van der Waals surface area contributed by atoms with Gasteiger partial charge < -0.3 is 5.32 Å². The van der Waals surface area contributed by atoms with Gasteiger partial charge in [0.05, 0.1) is 11.1 Å². The Labute approximate surface area is 81.5 Å². The van der Waals surface area contributed by atoms with Crippen LogP contribution in [-0.2, 0) is 0 Å². The molecule has 4 heteroatoms. The van der Waals surface area contributed by atoms with Gasteiger partial charge in [-0.2, -0.15) is 0 Å². The highest BCUT2D eigenvalue weighted by atomic mass is 16.2. The summed E-state index contributed by atoms with van der Waals surface area (Å²) in [7, 11) is 3.26. The number of imide groups is 1. The summed E-state index contributed by atoms with van der Waals surface area (Å²) in [4.78, 5) is 24.2. The highest BCUT2D eigenvalue weighted by molar-refractivity contribution is 6.21. The van der Waals surface area contributed by atoms with Crippen LogP contribution in [0, 0.1) is 0 Å². The molecule has 0 spiro atoms. The molecule has 0 aliphatic carbocycles.